The largest absolute Gasteiger partial charge is 0.486 e. The van der Waals surface area contributed by atoms with E-state index in [0.29, 0.717) is 25.4 Å². The van der Waals surface area contributed by atoms with Gasteiger partial charge in [-0.1, -0.05) is 12.1 Å². The maximum Gasteiger partial charge on any atom is 0.330 e. The molecule has 7 heteroatoms. The van der Waals surface area contributed by atoms with E-state index in [2.05, 4.69) is 0 Å². The van der Waals surface area contributed by atoms with Gasteiger partial charge in [0.1, 0.15) is 12.7 Å². The fourth-order valence-electron chi connectivity index (χ4n) is 2.77. The second-order valence-electron chi connectivity index (χ2n) is 6.07. The van der Waals surface area contributed by atoms with E-state index in [1.54, 1.807) is 7.05 Å². The van der Waals surface area contributed by atoms with Gasteiger partial charge in [0.15, 0.2) is 11.5 Å². The number of para-hydroxylation sites is 2. The number of ether oxygens (including phenoxy) is 2. The van der Waals surface area contributed by atoms with Gasteiger partial charge in [0.25, 0.3) is 5.56 Å². The standard InChI is InChI=1S/C17H21N3O4/c1-18(9-12-8-16(21)20(3)17(22)19(12)2)10-13-11-23-14-6-4-5-7-15(14)24-13/h4-8,13H,9-11H2,1-3H3/t13-/m0/s1. The summed E-state index contributed by atoms with van der Waals surface area (Å²) < 4.78 is 14.2. The zero-order chi connectivity index (χ0) is 17.3. The Morgan fingerprint density at radius 3 is 2.62 bits per heavy atom. The van der Waals surface area contributed by atoms with Crippen molar-refractivity contribution in [3.8, 4) is 11.5 Å². The van der Waals surface area contributed by atoms with E-state index in [1.165, 1.54) is 17.7 Å². The van der Waals surface area contributed by atoms with Crippen LogP contribution in [0.4, 0.5) is 0 Å². The zero-order valence-corrected chi connectivity index (χ0v) is 14.1. The zero-order valence-electron chi connectivity index (χ0n) is 14.1. The first kappa shape index (κ1) is 16.3. The van der Waals surface area contributed by atoms with Crippen molar-refractivity contribution in [1.82, 2.24) is 14.0 Å². The highest BCUT2D eigenvalue weighted by Gasteiger charge is 2.22. The molecule has 1 atom stereocenters. The minimum absolute atomic E-state index is 0.103. The average molecular weight is 331 g/mol. The molecule has 1 aliphatic heterocycles. The Hall–Kier alpha value is -2.54. The van der Waals surface area contributed by atoms with Crippen LogP contribution in [0.3, 0.4) is 0 Å². The number of rotatable bonds is 4. The van der Waals surface area contributed by atoms with Gasteiger partial charge in [-0.05, 0) is 19.2 Å². The molecule has 128 valence electrons. The number of benzene rings is 1. The van der Waals surface area contributed by atoms with E-state index in [4.69, 9.17) is 9.47 Å². The molecule has 1 aliphatic rings. The van der Waals surface area contributed by atoms with E-state index < -0.39 is 0 Å². The number of fused-ring (bicyclic) bond motifs is 1. The third-order valence-corrected chi connectivity index (χ3v) is 4.14. The molecular weight excluding hydrogens is 310 g/mol. The molecule has 0 unspecified atom stereocenters. The maximum atomic E-state index is 12.0. The number of hydrogen-bond acceptors (Lipinski definition) is 5. The maximum absolute atomic E-state index is 12.0. The fourth-order valence-corrected chi connectivity index (χ4v) is 2.77. The summed E-state index contributed by atoms with van der Waals surface area (Å²) in [5.74, 6) is 1.49. The van der Waals surface area contributed by atoms with Crippen molar-refractivity contribution in [2.75, 3.05) is 20.2 Å². The van der Waals surface area contributed by atoms with E-state index >= 15 is 0 Å². The van der Waals surface area contributed by atoms with E-state index in [9.17, 15) is 9.59 Å². The van der Waals surface area contributed by atoms with Crippen LogP contribution in [0.1, 0.15) is 5.69 Å². The summed E-state index contributed by atoms with van der Waals surface area (Å²) in [6.07, 6.45) is -0.103. The average Bonchev–Trinajstić information content (AvgIpc) is 2.57. The molecule has 7 nitrogen and oxygen atoms in total. The molecule has 24 heavy (non-hydrogen) atoms. The van der Waals surface area contributed by atoms with Gasteiger partial charge in [-0.15, -0.1) is 0 Å². The fraction of sp³-hybridized carbons (Fsp3) is 0.412. The summed E-state index contributed by atoms with van der Waals surface area (Å²) >= 11 is 0. The Morgan fingerprint density at radius 2 is 1.88 bits per heavy atom. The van der Waals surface area contributed by atoms with Crippen molar-refractivity contribution in [3.05, 3.63) is 56.9 Å². The van der Waals surface area contributed by atoms with Crippen LogP contribution >= 0.6 is 0 Å². The van der Waals surface area contributed by atoms with E-state index in [1.807, 2.05) is 36.2 Å². The second-order valence-corrected chi connectivity index (χ2v) is 6.07. The molecule has 1 aromatic carbocycles. The monoisotopic (exact) mass is 331 g/mol. The van der Waals surface area contributed by atoms with Crippen molar-refractivity contribution in [2.45, 2.75) is 12.6 Å². The van der Waals surface area contributed by atoms with Gasteiger partial charge in [0.2, 0.25) is 0 Å². The van der Waals surface area contributed by atoms with Gasteiger partial charge in [-0.2, -0.15) is 0 Å². The molecule has 0 aliphatic carbocycles. The van der Waals surface area contributed by atoms with Gasteiger partial charge in [-0.3, -0.25) is 18.8 Å². The Bertz CT molecular complexity index is 856. The minimum atomic E-state index is -0.322. The van der Waals surface area contributed by atoms with Crippen LogP contribution in [0.2, 0.25) is 0 Å². The van der Waals surface area contributed by atoms with Crippen LogP contribution in [-0.4, -0.2) is 40.3 Å². The van der Waals surface area contributed by atoms with Crippen molar-refractivity contribution >= 4 is 0 Å². The lowest BCUT2D eigenvalue weighted by molar-refractivity contribution is 0.0632. The normalized spacial score (nSPS) is 16.4. The van der Waals surface area contributed by atoms with Crippen LogP contribution in [-0.2, 0) is 20.6 Å². The SMILES string of the molecule is CN(Cc1cc(=O)n(C)c(=O)n1C)C[C@H]1COc2ccccc2O1. The summed E-state index contributed by atoms with van der Waals surface area (Å²) in [6, 6.07) is 9.07. The molecule has 0 bridgehead atoms. The summed E-state index contributed by atoms with van der Waals surface area (Å²) in [5.41, 5.74) is 0.0486. The quantitative estimate of drug-likeness (QED) is 0.809. The molecule has 2 aromatic rings. The Kier molecular flexibility index (Phi) is 4.44. The third-order valence-electron chi connectivity index (χ3n) is 4.14. The first-order chi connectivity index (χ1) is 11.5. The van der Waals surface area contributed by atoms with Gasteiger partial charge in [0, 0.05) is 38.9 Å². The first-order valence-corrected chi connectivity index (χ1v) is 7.78. The van der Waals surface area contributed by atoms with Crippen LogP contribution in [0, 0.1) is 0 Å². The highest BCUT2D eigenvalue weighted by molar-refractivity contribution is 5.40. The van der Waals surface area contributed by atoms with Crippen molar-refractivity contribution in [1.29, 1.82) is 0 Å². The molecule has 0 spiro atoms. The lowest BCUT2D eigenvalue weighted by atomic mass is 10.2. The predicted octanol–water partition coefficient (Wildman–Crippen LogP) is 0.356. The molecule has 2 heterocycles. The first-order valence-electron chi connectivity index (χ1n) is 7.78. The lowest BCUT2D eigenvalue weighted by Gasteiger charge is -2.29. The molecule has 0 saturated heterocycles. The van der Waals surface area contributed by atoms with Crippen LogP contribution in [0.5, 0.6) is 11.5 Å². The number of aromatic nitrogens is 2. The molecule has 0 fully saturated rings. The van der Waals surface area contributed by atoms with Crippen LogP contribution < -0.4 is 20.7 Å². The summed E-state index contributed by atoms with van der Waals surface area (Å²) in [7, 11) is 5.07. The van der Waals surface area contributed by atoms with Crippen molar-refractivity contribution in [3.63, 3.8) is 0 Å². The molecule has 1 aromatic heterocycles. The smallest absolute Gasteiger partial charge is 0.330 e. The Morgan fingerprint density at radius 1 is 1.17 bits per heavy atom. The number of nitrogens with zero attached hydrogens (tertiary/aromatic N) is 3. The molecule has 3 rings (SSSR count). The van der Waals surface area contributed by atoms with Gasteiger partial charge in [-0.25, -0.2) is 4.79 Å². The molecule has 0 amide bonds. The van der Waals surface area contributed by atoms with Crippen LogP contribution in [0.25, 0.3) is 0 Å². The van der Waals surface area contributed by atoms with Crippen LogP contribution in [0.15, 0.2) is 39.9 Å². The van der Waals surface area contributed by atoms with E-state index in [-0.39, 0.29) is 17.4 Å². The summed E-state index contributed by atoms with van der Waals surface area (Å²) in [6.45, 7) is 1.57. The topological polar surface area (TPSA) is 65.7 Å². The highest BCUT2D eigenvalue weighted by Crippen LogP contribution is 2.30. The Balaban J connectivity index is 1.68. The lowest BCUT2D eigenvalue weighted by Crippen LogP contribution is -2.42. The third kappa shape index (κ3) is 3.21. The molecular formula is C17H21N3O4. The summed E-state index contributed by atoms with van der Waals surface area (Å²) in [5, 5.41) is 0. The minimum Gasteiger partial charge on any atom is -0.486 e. The molecule has 0 N–H and O–H groups in total. The molecule has 0 saturated carbocycles. The number of hydrogen-bond donors (Lipinski definition) is 0. The van der Waals surface area contributed by atoms with Crippen molar-refractivity contribution in [2.24, 2.45) is 14.1 Å². The van der Waals surface area contributed by atoms with Gasteiger partial charge < -0.3 is 9.47 Å². The summed E-state index contributed by atoms with van der Waals surface area (Å²) in [4.78, 5) is 25.8. The van der Waals surface area contributed by atoms with Crippen molar-refractivity contribution < 1.29 is 9.47 Å². The predicted molar refractivity (Wildman–Crippen MR) is 89.6 cm³/mol. The van der Waals surface area contributed by atoms with Gasteiger partial charge in [0.05, 0.1) is 0 Å². The molecule has 0 radical (unpaired) electrons. The van der Waals surface area contributed by atoms with Gasteiger partial charge >= 0.3 is 5.69 Å². The Labute approximate surface area is 139 Å². The van der Waals surface area contributed by atoms with E-state index in [0.717, 1.165) is 16.1 Å². The second kappa shape index (κ2) is 6.52. The number of likely N-dealkylation sites (N-methyl/N-ethyl adjacent to an activating group) is 1. The highest BCUT2D eigenvalue weighted by atomic mass is 16.6.